The van der Waals surface area contributed by atoms with Crippen molar-refractivity contribution in [1.82, 2.24) is 14.4 Å². The van der Waals surface area contributed by atoms with Crippen LogP contribution in [0.25, 0.3) is 0 Å². The van der Waals surface area contributed by atoms with E-state index in [9.17, 15) is 13.2 Å². The van der Waals surface area contributed by atoms with Gasteiger partial charge in [-0.1, -0.05) is 62.0 Å². The Hall–Kier alpha value is -2.95. The molecule has 1 fully saturated rings. The number of hydrogen-bond donors (Lipinski definition) is 1. The number of nitrogens with zero attached hydrogens (tertiary/aromatic N) is 3. The van der Waals surface area contributed by atoms with Gasteiger partial charge in [0.1, 0.15) is 5.75 Å². The zero-order chi connectivity index (χ0) is 27.3. The van der Waals surface area contributed by atoms with Crippen LogP contribution in [-0.4, -0.2) is 48.5 Å². The Bertz CT molecular complexity index is 1350. The lowest BCUT2D eigenvalue weighted by Crippen LogP contribution is -2.45. The number of aromatic nitrogens is 2. The number of benzene rings is 2. The van der Waals surface area contributed by atoms with Gasteiger partial charge in [-0.25, -0.2) is 8.42 Å². The number of methoxy groups -OCH3 is 1. The Morgan fingerprint density at radius 2 is 1.87 bits per heavy atom. The fourth-order valence-corrected chi connectivity index (χ4v) is 6.52. The van der Waals surface area contributed by atoms with Crippen molar-refractivity contribution >= 4 is 33.2 Å². The quantitative estimate of drug-likeness (QED) is 0.352. The molecule has 0 atom stereocenters. The lowest BCUT2D eigenvalue weighted by atomic mass is 9.95. The topological polar surface area (TPSA) is 115 Å². The highest BCUT2D eigenvalue weighted by atomic mass is 35.5. The van der Waals surface area contributed by atoms with Gasteiger partial charge in [-0.3, -0.25) is 4.79 Å². The largest absolute Gasteiger partial charge is 0.495 e. The van der Waals surface area contributed by atoms with Crippen LogP contribution in [-0.2, 0) is 21.2 Å². The molecule has 1 aliphatic carbocycles. The van der Waals surface area contributed by atoms with Crippen molar-refractivity contribution in [2.75, 3.05) is 19.0 Å². The molecule has 0 aliphatic heterocycles. The highest BCUT2D eigenvalue weighted by Gasteiger charge is 2.34. The minimum atomic E-state index is -3.97. The molecule has 0 spiro atoms. The smallest absolute Gasteiger partial charge is 0.243 e. The SMILES string of the molecule is COc1ccc(S(=O)(=O)N(CC(=O)Nc2ccc(Cc3noc(C(C)C)n3)cc2)C2CCCCC2)cc1Cl. The second-order valence-corrected chi connectivity index (χ2v) is 12.1. The van der Waals surface area contributed by atoms with Gasteiger partial charge in [0.15, 0.2) is 5.82 Å². The molecular weight excluding hydrogens is 528 g/mol. The van der Waals surface area contributed by atoms with E-state index >= 15 is 0 Å². The summed E-state index contributed by atoms with van der Waals surface area (Å²) in [5.41, 5.74) is 1.53. The molecule has 11 heteroatoms. The average Bonchev–Trinajstić information content (AvgIpc) is 3.38. The summed E-state index contributed by atoms with van der Waals surface area (Å²) < 4.78 is 39.0. The van der Waals surface area contributed by atoms with Crippen LogP contribution in [0.2, 0.25) is 5.02 Å². The van der Waals surface area contributed by atoms with Gasteiger partial charge < -0.3 is 14.6 Å². The summed E-state index contributed by atoms with van der Waals surface area (Å²) in [6, 6.07) is 11.4. The molecule has 1 saturated carbocycles. The molecule has 204 valence electrons. The molecule has 0 bridgehead atoms. The van der Waals surface area contributed by atoms with E-state index in [1.165, 1.54) is 29.6 Å². The lowest BCUT2D eigenvalue weighted by molar-refractivity contribution is -0.116. The first-order valence-corrected chi connectivity index (χ1v) is 14.6. The molecular formula is C27H33ClN4O5S. The molecule has 1 N–H and O–H groups in total. The number of halogens is 1. The first kappa shape index (κ1) is 28.1. The fraction of sp³-hybridized carbons (Fsp3) is 0.444. The van der Waals surface area contributed by atoms with Gasteiger partial charge in [0, 0.05) is 24.1 Å². The van der Waals surface area contributed by atoms with E-state index in [2.05, 4.69) is 15.5 Å². The van der Waals surface area contributed by atoms with E-state index in [0.717, 1.165) is 24.8 Å². The number of rotatable bonds is 10. The minimum Gasteiger partial charge on any atom is -0.495 e. The predicted molar refractivity (Wildman–Crippen MR) is 145 cm³/mol. The Kier molecular flexibility index (Phi) is 9.07. The summed E-state index contributed by atoms with van der Waals surface area (Å²) >= 11 is 6.22. The summed E-state index contributed by atoms with van der Waals surface area (Å²) in [5.74, 6) is 1.32. The molecule has 9 nitrogen and oxygen atoms in total. The summed E-state index contributed by atoms with van der Waals surface area (Å²) in [6.07, 6.45) is 4.81. The second-order valence-electron chi connectivity index (χ2n) is 9.76. The van der Waals surface area contributed by atoms with Crippen LogP contribution >= 0.6 is 11.6 Å². The number of hydrogen-bond acceptors (Lipinski definition) is 7. The maximum atomic E-state index is 13.7. The fourth-order valence-electron chi connectivity index (χ4n) is 4.53. The van der Waals surface area contributed by atoms with Crippen molar-refractivity contribution in [2.24, 2.45) is 0 Å². The number of anilines is 1. The summed E-state index contributed by atoms with van der Waals surface area (Å²) in [7, 11) is -2.50. The predicted octanol–water partition coefficient (Wildman–Crippen LogP) is 5.41. The Morgan fingerprint density at radius 1 is 1.16 bits per heavy atom. The van der Waals surface area contributed by atoms with Crippen molar-refractivity contribution in [1.29, 1.82) is 0 Å². The van der Waals surface area contributed by atoms with Crippen LogP contribution in [0.5, 0.6) is 5.75 Å². The van der Waals surface area contributed by atoms with Crippen molar-refractivity contribution < 1.29 is 22.5 Å². The van der Waals surface area contributed by atoms with Crippen LogP contribution in [0, 0.1) is 0 Å². The molecule has 0 saturated heterocycles. The number of carbonyl (C=O) groups excluding carboxylic acids is 1. The van der Waals surface area contributed by atoms with Crippen LogP contribution in [0.1, 0.15) is 69.1 Å². The van der Waals surface area contributed by atoms with Gasteiger partial charge in [0.25, 0.3) is 0 Å². The molecule has 0 unspecified atom stereocenters. The van der Waals surface area contributed by atoms with Gasteiger partial charge in [-0.05, 0) is 48.7 Å². The van der Waals surface area contributed by atoms with Gasteiger partial charge >= 0.3 is 0 Å². The van der Waals surface area contributed by atoms with Crippen molar-refractivity contribution in [3.8, 4) is 5.75 Å². The van der Waals surface area contributed by atoms with Crippen LogP contribution in [0.15, 0.2) is 51.9 Å². The molecule has 0 radical (unpaired) electrons. The zero-order valence-electron chi connectivity index (χ0n) is 21.8. The van der Waals surface area contributed by atoms with E-state index in [0.29, 0.717) is 42.4 Å². The van der Waals surface area contributed by atoms with E-state index in [4.69, 9.17) is 20.9 Å². The third-order valence-corrected chi connectivity index (χ3v) is 8.78. The third kappa shape index (κ3) is 6.73. The van der Waals surface area contributed by atoms with E-state index in [-0.39, 0.29) is 28.4 Å². The monoisotopic (exact) mass is 560 g/mol. The number of amides is 1. The molecule has 1 aliphatic rings. The maximum Gasteiger partial charge on any atom is 0.243 e. The second kappa shape index (κ2) is 12.3. The van der Waals surface area contributed by atoms with E-state index < -0.39 is 15.9 Å². The maximum absolute atomic E-state index is 13.7. The normalized spacial score (nSPS) is 14.7. The van der Waals surface area contributed by atoms with Crippen molar-refractivity contribution in [3.63, 3.8) is 0 Å². The van der Waals surface area contributed by atoms with Gasteiger partial charge in [-0.2, -0.15) is 9.29 Å². The van der Waals surface area contributed by atoms with Crippen LogP contribution < -0.4 is 10.1 Å². The molecule has 1 heterocycles. The number of carbonyl (C=O) groups is 1. The summed E-state index contributed by atoms with van der Waals surface area (Å²) in [4.78, 5) is 17.5. The third-order valence-electron chi connectivity index (χ3n) is 6.59. The van der Waals surface area contributed by atoms with Crippen molar-refractivity contribution in [2.45, 2.75) is 69.2 Å². The zero-order valence-corrected chi connectivity index (χ0v) is 23.4. The lowest BCUT2D eigenvalue weighted by Gasteiger charge is -2.33. The van der Waals surface area contributed by atoms with E-state index in [1.54, 1.807) is 12.1 Å². The number of ether oxygens (including phenoxy) is 1. The first-order chi connectivity index (χ1) is 18.2. The number of sulfonamides is 1. The minimum absolute atomic E-state index is 0.0353. The molecule has 38 heavy (non-hydrogen) atoms. The first-order valence-electron chi connectivity index (χ1n) is 12.7. The Morgan fingerprint density at radius 3 is 2.47 bits per heavy atom. The van der Waals surface area contributed by atoms with Crippen LogP contribution in [0.3, 0.4) is 0 Å². The summed E-state index contributed by atoms with van der Waals surface area (Å²) in [5, 5.41) is 7.04. The van der Waals surface area contributed by atoms with Gasteiger partial charge in [0.2, 0.25) is 21.8 Å². The molecule has 2 aromatic carbocycles. The Balaban J connectivity index is 1.47. The average molecular weight is 561 g/mol. The van der Waals surface area contributed by atoms with Crippen LogP contribution in [0.4, 0.5) is 5.69 Å². The van der Waals surface area contributed by atoms with Gasteiger partial charge in [-0.15, -0.1) is 0 Å². The standard InChI is InChI=1S/C27H33ClN4O5S/c1-18(2)27-30-25(31-37-27)15-19-9-11-20(12-10-19)29-26(33)17-32(21-7-5-4-6-8-21)38(34,35)22-13-14-24(36-3)23(28)16-22/h9-14,16,18,21H,4-8,15,17H2,1-3H3,(H,29,33). The van der Waals surface area contributed by atoms with E-state index in [1.807, 2.05) is 26.0 Å². The highest BCUT2D eigenvalue weighted by Crippen LogP contribution is 2.32. The van der Waals surface area contributed by atoms with Gasteiger partial charge in [0.05, 0.1) is 23.6 Å². The molecule has 3 aromatic rings. The molecule has 4 rings (SSSR count). The Labute approximate surface area is 228 Å². The van der Waals surface area contributed by atoms with Crippen molar-refractivity contribution in [3.05, 3.63) is 64.8 Å². The summed E-state index contributed by atoms with van der Waals surface area (Å²) in [6.45, 7) is 3.68. The number of nitrogens with one attached hydrogen (secondary N) is 1. The highest BCUT2D eigenvalue weighted by molar-refractivity contribution is 7.89. The molecule has 1 amide bonds. The molecule has 1 aromatic heterocycles.